The Labute approximate surface area is 169 Å². The van der Waals surface area contributed by atoms with Crippen LogP contribution in [0.25, 0.3) is 0 Å². The van der Waals surface area contributed by atoms with Gasteiger partial charge >= 0.3 is 0 Å². The second-order valence-corrected chi connectivity index (χ2v) is 7.62. The number of anilines is 1. The summed E-state index contributed by atoms with van der Waals surface area (Å²) < 4.78 is 12.4. The lowest BCUT2D eigenvalue weighted by molar-refractivity contribution is -0.131. The first-order chi connectivity index (χ1) is 14.0. The number of carbonyl (C=O) groups excluding carboxylic acids is 2. The average Bonchev–Trinajstić information content (AvgIpc) is 3.53. The quantitative estimate of drug-likeness (QED) is 0.803. The Hall–Kier alpha value is -3.03. The van der Waals surface area contributed by atoms with Gasteiger partial charge in [0.1, 0.15) is 11.5 Å². The summed E-state index contributed by atoms with van der Waals surface area (Å²) >= 11 is 0. The van der Waals surface area contributed by atoms with Crippen LogP contribution < -0.4 is 14.8 Å². The van der Waals surface area contributed by atoms with E-state index in [-0.39, 0.29) is 24.2 Å². The zero-order valence-electron chi connectivity index (χ0n) is 17.0. The van der Waals surface area contributed by atoms with Gasteiger partial charge in [-0.1, -0.05) is 0 Å². The average molecular weight is 398 g/mol. The van der Waals surface area contributed by atoms with Crippen molar-refractivity contribution in [1.82, 2.24) is 14.7 Å². The summed E-state index contributed by atoms with van der Waals surface area (Å²) in [5.74, 6) is 2.06. The lowest BCUT2D eigenvalue weighted by Crippen LogP contribution is -2.37. The number of rotatable bonds is 6. The molecule has 0 unspecified atom stereocenters. The summed E-state index contributed by atoms with van der Waals surface area (Å²) in [5, 5.41) is 7.43. The van der Waals surface area contributed by atoms with E-state index in [2.05, 4.69) is 10.4 Å². The van der Waals surface area contributed by atoms with Crippen molar-refractivity contribution < 1.29 is 19.1 Å². The van der Waals surface area contributed by atoms with Gasteiger partial charge in [0, 0.05) is 43.3 Å². The van der Waals surface area contributed by atoms with E-state index >= 15 is 0 Å². The Morgan fingerprint density at radius 2 is 1.86 bits per heavy atom. The number of carbonyl (C=O) groups is 2. The second-order valence-electron chi connectivity index (χ2n) is 7.62. The van der Waals surface area contributed by atoms with Crippen LogP contribution in [0.1, 0.15) is 29.7 Å². The number of ether oxygens (including phenoxy) is 2. The van der Waals surface area contributed by atoms with E-state index in [0.29, 0.717) is 36.8 Å². The Bertz CT molecular complexity index is 926. The van der Waals surface area contributed by atoms with Gasteiger partial charge in [-0.2, -0.15) is 5.10 Å². The summed E-state index contributed by atoms with van der Waals surface area (Å²) in [6.07, 6.45) is 2.85. The molecule has 0 bridgehead atoms. The first-order valence-corrected chi connectivity index (χ1v) is 9.83. The standard InChI is InChI=1S/C21H26N4O4/c1-24-18-6-7-25(12-17(18)20(23-24)22-21(27)14-4-5-14)19(26)10-13-8-15(28-2)11-16(9-13)29-3/h8-9,11,14H,4-7,10,12H2,1-3H3,(H,22,23,27). The molecule has 1 N–H and O–H groups in total. The smallest absolute Gasteiger partial charge is 0.228 e. The number of methoxy groups -OCH3 is 2. The van der Waals surface area contributed by atoms with Gasteiger partial charge in [0.15, 0.2) is 5.82 Å². The van der Waals surface area contributed by atoms with Crippen LogP contribution in [-0.4, -0.2) is 47.3 Å². The molecule has 4 rings (SSSR count). The van der Waals surface area contributed by atoms with Crippen molar-refractivity contribution in [3.8, 4) is 11.5 Å². The minimum Gasteiger partial charge on any atom is -0.497 e. The molecule has 1 aliphatic carbocycles. The maximum Gasteiger partial charge on any atom is 0.228 e. The Morgan fingerprint density at radius 1 is 1.17 bits per heavy atom. The van der Waals surface area contributed by atoms with Gasteiger partial charge < -0.3 is 19.7 Å². The summed E-state index contributed by atoms with van der Waals surface area (Å²) in [7, 11) is 5.06. The van der Waals surface area contributed by atoms with Crippen molar-refractivity contribution in [2.75, 3.05) is 26.1 Å². The van der Waals surface area contributed by atoms with E-state index in [1.807, 2.05) is 28.8 Å². The number of amides is 2. The van der Waals surface area contributed by atoms with Crippen LogP contribution in [0.15, 0.2) is 18.2 Å². The molecule has 8 heteroatoms. The molecule has 1 aromatic heterocycles. The van der Waals surface area contributed by atoms with Crippen molar-refractivity contribution in [2.45, 2.75) is 32.2 Å². The topological polar surface area (TPSA) is 85.7 Å². The van der Waals surface area contributed by atoms with Crippen molar-refractivity contribution in [3.63, 3.8) is 0 Å². The third kappa shape index (κ3) is 4.06. The lowest BCUT2D eigenvalue weighted by Gasteiger charge is -2.28. The van der Waals surface area contributed by atoms with Crippen LogP contribution in [0.2, 0.25) is 0 Å². The second kappa shape index (κ2) is 7.77. The largest absolute Gasteiger partial charge is 0.497 e. The Kier molecular flexibility index (Phi) is 5.17. The fourth-order valence-corrected chi connectivity index (χ4v) is 3.72. The monoisotopic (exact) mass is 398 g/mol. The zero-order valence-corrected chi connectivity index (χ0v) is 17.0. The normalized spacial score (nSPS) is 15.6. The van der Waals surface area contributed by atoms with Gasteiger partial charge in [-0.25, -0.2) is 0 Å². The molecule has 8 nitrogen and oxygen atoms in total. The maximum atomic E-state index is 13.0. The molecule has 29 heavy (non-hydrogen) atoms. The van der Waals surface area contributed by atoms with Gasteiger partial charge in [-0.05, 0) is 30.5 Å². The Balaban J connectivity index is 1.49. The van der Waals surface area contributed by atoms with E-state index < -0.39 is 0 Å². The predicted molar refractivity (Wildman–Crippen MR) is 107 cm³/mol. The summed E-state index contributed by atoms with van der Waals surface area (Å²) in [6.45, 7) is 1.08. The number of fused-ring (bicyclic) bond motifs is 1. The molecule has 2 amide bonds. The minimum atomic E-state index is 0.0225. The van der Waals surface area contributed by atoms with Gasteiger partial charge in [0.05, 0.1) is 27.2 Å². The molecule has 0 spiro atoms. The minimum absolute atomic E-state index is 0.0225. The van der Waals surface area contributed by atoms with E-state index in [4.69, 9.17) is 9.47 Å². The highest BCUT2D eigenvalue weighted by atomic mass is 16.5. The number of aryl methyl sites for hydroxylation is 1. The van der Waals surface area contributed by atoms with Crippen LogP contribution in [0.5, 0.6) is 11.5 Å². The van der Waals surface area contributed by atoms with Crippen molar-refractivity contribution in [2.24, 2.45) is 13.0 Å². The molecular formula is C21H26N4O4. The molecule has 2 aliphatic rings. The van der Waals surface area contributed by atoms with E-state index in [9.17, 15) is 9.59 Å². The van der Waals surface area contributed by atoms with Gasteiger partial charge in [-0.15, -0.1) is 0 Å². The first kappa shape index (κ1) is 19.3. The number of hydrogen-bond acceptors (Lipinski definition) is 5. The number of aromatic nitrogens is 2. The molecule has 2 heterocycles. The fourth-order valence-electron chi connectivity index (χ4n) is 3.72. The number of nitrogens with one attached hydrogen (secondary N) is 1. The van der Waals surface area contributed by atoms with Crippen molar-refractivity contribution >= 4 is 17.6 Å². The van der Waals surface area contributed by atoms with E-state index in [0.717, 1.165) is 29.7 Å². The number of nitrogens with zero attached hydrogens (tertiary/aromatic N) is 3. The summed E-state index contributed by atoms with van der Waals surface area (Å²) in [5.41, 5.74) is 2.85. The maximum absolute atomic E-state index is 13.0. The van der Waals surface area contributed by atoms with Gasteiger partial charge in [0.25, 0.3) is 0 Å². The third-order valence-corrected chi connectivity index (χ3v) is 5.55. The molecule has 2 aromatic rings. The van der Waals surface area contributed by atoms with Gasteiger partial charge in [-0.3, -0.25) is 14.3 Å². The van der Waals surface area contributed by atoms with Crippen LogP contribution in [0.4, 0.5) is 5.82 Å². The molecule has 1 aromatic carbocycles. The van der Waals surface area contributed by atoms with Gasteiger partial charge in [0.2, 0.25) is 11.8 Å². The van der Waals surface area contributed by atoms with Crippen LogP contribution in [-0.2, 0) is 36.0 Å². The SMILES string of the molecule is COc1cc(CC(=O)N2CCc3c(c(NC(=O)C4CC4)nn3C)C2)cc(OC)c1. The molecule has 1 saturated carbocycles. The molecule has 0 radical (unpaired) electrons. The molecule has 0 saturated heterocycles. The molecule has 1 fully saturated rings. The van der Waals surface area contributed by atoms with Crippen molar-refractivity contribution in [1.29, 1.82) is 0 Å². The Morgan fingerprint density at radius 3 is 2.48 bits per heavy atom. The molecular weight excluding hydrogens is 372 g/mol. The van der Waals surface area contributed by atoms with E-state index in [1.165, 1.54) is 0 Å². The lowest BCUT2D eigenvalue weighted by atomic mass is 10.0. The summed E-state index contributed by atoms with van der Waals surface area (Å²) in [4.78, 5) is 27.0. The van der Waals surface area contributed by atoms with Crippen LogP contribution >= 0.6 is 0 Å². The highest BCUT2D eigenvalue weighted by Gasteiger charge is 2.32. The fraction of sp³-hybridized carbons (Fsp3) is 0.476. The van der Waals surface area contributed by atoms with Crippen LogP contribution in [0.3, 0.4) is 0 Å². The van der Waals surface area contributed by atoms with Crippen LogP contribution in [0, 0.1) is 5.92 Å². The summed E-state index contributed by atoms with van der Waals surface area (Å²) in [6, 6.07) is 5.48. The third-order valence-electron chi connectivity index (χ3n) is 5.55. The first-order valence-electron chi connectivity index (χ1n) is 9.83. The highest BCUT2D eigenvalue weighted by molar-refractivity contribution is 5.94. The molecule has 1 aliphatic heterocycles. The predicted octanol–water partition coefficient (Wildman–Crippen LogP) is 1.91. The highest BCUT2D eigenvalue weighted by Crippen LogP contribution is 2.32. The van der Waals surface area contributed by atoms with E-state index in [1.54, 1.807) is 20.3 Å². The zero-order chi connectivity index (χ0) is 20.5. The van der Waals surface area contributed by atoms with Crippen molar-refractivity contribution in [3.05, 3.63) is 35.0 Å². The molecule has 0 atom stereocenters. The molecule has 154 valence electrons. The number of hydrogen-bond donors (Lipinski definition) is 1. The number of benzene rings is 1.